The van der Waals surface area contributed by atoms with Gasteiger partial charge in [0.05, 0.1) is 10.7 Å². The van der Waals surface area contributed by atoms with E-state index >= 15 is 0 Å². The highest BCUT2D eigenvalue weighted by molar-refractivity contribution is 8.03. The van der Waals surface area contributed by atoms with Gasteiger partial charge in [-0.2, -0.15) is 0 Å². The number of hydrogen-bond donors (Lipinski definition) is 1. The Morgan fingerprint density at radius 2 is 2.25 bits per heavy atom. The average Bonchev–Trinajstić information content (AvgIpc) is 2.46. The summed E-state index contributed by atoms with van der Waals surface area (Å²) in [4.78, 5) is 1.33. The van der Waals surface area contributed by atoms with Crippen molar-refractivity contribution in [2.45, 2.75) is 18.7 Å². The molecule has 1 aliphatic heterocycles. The first kappa shape index (κ1) is 7.74. The van der Waals surface area contributed by atoms with Gasteiger partial charge >= 0.3 is 0 Å². The third-order valence-corrected chi connectivity index (χ3v) is 3.01. The Morgan fingerprint density at radius 1 is 1.42 bits per heavy atom. The minimum atomic E-state index is 1.23. The Labute approximate surface area is 76.9 Å². The van der Waals surface area contributed by atoms with E-state index < -0.39 is 0 Å². The van der Waals surface area contributed by atoms with Crippen LogP contribution in [0.4, 0.5) is 5.69 Å². The predicted octanol–water partition coefficient (Wildman–Crippen LogP) is 3.37. The fourth-order valence-electron chi connectivity index (χ4n) is 1.24. The summed E-state index contributed by atoms with van der Waals surface area (Å²) in [6.07, 6.45) is 2.10. The predicted molar refractivity (Wildman–Crippen MR) is 54.4 cm³/mol. The second-order valence-electron chi connectivity index (χ2n) is 2.88. The summed E-state index contributed by atoms with van der Waals surface area (Å²) >= 11 is 1.79. The highest BCUT2D eigenvalue weighted by Crippen LogP contribution is 2.40. The number of allylic oxidation sites excluding steroid dienone is 1. The Bertz CT molecular complexity index is 342. The molecule has 0 bridgehead atoms. The quantitative estimate of drug-likeness (QED) is 0.652. The number of aryl methyl sites for hydroxylation is 1. The molecular weight excluding hydrogens is 166 g/mol. The van der Waals surface area contributed by atoms with Crippen molar-refractivity contribution in [3.8, 4) is 0 Å². The van der Waals surface area contributed by atoms with Crippen LogP contribution >= 0.6 is 11.8 Å². The molecule has 2 heteroatoms. The first-order chi connectivity index (χ1) is 5.79. The Balaban J connectivity index is 2.42. The molecule has 1 aromatic carbocycles. The number of nitrogens with one attached hydrogen (secondary N) is 1. The second-order valence-corrected chi connectivity index (χ2v) is 3.96. The molecule has 1 heterocycles. The normalized spacial score (nSPS) is 17.7. The largest absolute Gasteiger partial charge is 0.349 e. The second kappa shape index (κ2) is 2.87. The summed E-state index contributed by atoms with van der Waals surface area (Å²) in [6.45, 7) is 4.16. The zero-order valence-electron chi connectivity index (χ0n) is 7.22. The minimum absolute atomic E-state index is 1.23. The van der Waals surface area contributed by atoms with E-state index in [0.717, 1.165) is 0 Å². The third-order valence-electron chi connectivity index (χ3n) is 1.88. The van der Waals surface area contributed by atoms with Gasteiger partial charge < -0.3 is 5.32 Å². The number of benzene rings is 1. The molecule has 0 spiro atoms. The highest BCUT2D eigenvalue weighted by atomic mass is 32.2. The maximum absolute atomic E-state index is 3.35. The molecule has 0 saturated carbocycles. The maximum atomic E-state index is 3.35. The van der Waals surface area contributed by atoms with Crippen LogP contribution in [0.15, 0.2) is 34.2 Å². The molecule has 1 N–H and O–H groups in total. The molecule has 0 aromatic heterocycles. The molecule has 0 atom stereocenters. The Kier molecular flexibility index (Phi) is 1.85. The smallest absolute Gasteiger partial charge is 0.0731 e. The summed E-state index contributed by atoms with van der Waals surface area (Å²) in [5, 5.41) is 4.58. The third kappa shape index (κ3) is 1.23. The van der Waals surface area contributed by atoms with Gasteiger partial charge in [-0.05, 0) is 31.5 Å². The summed E-state index contributed by atoms with van der Waals surface area (Å²) in [6, 6.07) is 6.49. The van der Waals surface area contributed by atoms with Crippen LogP contribution in [0.1, 0.15) is 12.5 Å². The van der Waals surface area contributed by atoms with Crippen molar-refractivity contribution in [3.63, 3.8) is 0 Å². The van der Waals surface area contributed by atoms with Crippen molar-refractivity contribution >= 4 is 17.4 Å². The molecule has 62 valence electrons. The van der Waals surface area contributed by atoms with Crippen molar-refractivity contribution in [1.82, 2.24) is 0 Å². The standard InChI is InChI=1S/C10H11NS/c1-3-10-11-8-6-7(2)4-5-9(8)12-10/h3-6,11H,1-2H3/b10-3-. The zero-order valence-corrected chi connectivity index (χ0v) is 8.03. The molecule has 12 heavy (non-hydrogen) atoms. The van der Waals surface area contributed by atoms with Gasteiger partial charge in [0, 0.05) is 4.90 Å². The molecule has 0 fully saturated rings. The molecule has 0 radical (unpaired) electrons. The van der Waals surface area contributed by atoms with Gasteiger partial charge in [0.1, 0.15) is 0 Å². The van der Waals surface area contributed by atoms with E-state index in [-0.39, 0.29) is 0 Å². The average molecular weight is 177 g/mol. The SMILES string of the molecule is C/C=C1/Nc2cc(C)ccc2S1. The monoisotopic (exact) mass is 177 g/mol. The van der Waals surface area contributed by atoms with Gasteiger partial charge in [0.15, 0.2) is 0 Å². The van der Waals surface area contributed by atoms with E-state index in [4.69, 9.17) is 0 Å². The van der Waals surface area contributed by atoms with Crippen LogP contribution < -0.4 is 5.32 Å². The molecule has 0 unspecified atom stereocenters. The molecule has 0 amide bonds. The first-order valence-electron chi connectivity index (χ1n) is 4.01. The lowest BCUT2D eigenvalue weighted by atomic mass is 10.2. The number of fused-ring (bicyclic) bond motifs is 1. The number of anilines is 1. The van der Waals surface area contributed by atoms with Crippen LogP contribution in [0.3, 0.4) is 0 Å². The fraction of sp³-hybridized carbons (Fsp3) is 0.200. The van der Waals surface area contributed by atoms with Crippen molar-refractivity contribution in [1.29, 1.82) is 0 Å². The maximum Gasteiger partial charge on any atom is 0.0731 e. The lowest BCUT2D eigenvalue weighted by Gasteiger charge is -1.98. The van der Waals surface area contributed by atoms with Crippen molar-refractivity contribution in [2.75, 3.05) is 5.32 Å². The van der Waals surface area contributed by atoms with Gasteiger partial charge in [-0.3, -0.25) is 0 Å². The Hall–Kier alpha value is -0.890. The molecule has 2 rings (SSSR count). The van der Waals surface area contributed by atoms with Gasteiger partial charge in [-0.25, -0.2) is 0 Å². The van der Waals surface area contributed by atoms with Crippen LogP contribution in [-0.4, -0.2) is 0 Å². The van der Waals surface area contributed by atoms with E-state index in [1.54, 1.807) is 11.8 Å². The lowest BCUT2D eigenvalue weighted by Crippen LogP contribution is -1.87. The van der Waals surface area contributed by atoms with Crippen molar-refractivity contribution in [3.05, 3.63) is 34.9 Å². The first-order valence-corrected chi connectivity index (χ1v) is 4.83. The van der Waals surface area contributed by atoms with E-state index in [9.17, 15) is 0 Å². The summed E-state index contributed by atoms with van der Waals surface area (Å²) in [5.41, 5.74) is 2.55. The topological polar surface area (TPSA) is 12.0 Å². The number of thioether (sulfide) groups is 1. The fourth-order valence-corrected chi connectivity index (χ4v) is 2.11. The van der Waals surface area contributed by atoms with E-state index in [0.29, 0.717) is 0 Å². The van der Waals surface area contributed by atoms with Crippen LogP contribution in [0.2, 0.25) is 0 Å². The minimum Gasteiger partial charge on any atom is -0.349 e. The Morgan fingerprint density at radius 3 is 3.00 bits per heavy atom. The van der Waals surface area contributed by atoms with Crippen LogP contribution in [0, 0.1) is 6.92 Å². The molecule has 1 nitrogen and oxygen atoms in total. The summed E-state index contributed by atoms with van der Waals surface area (Å²) in [5.74, 6) is 0. The molecule has 0 saturated heterocycles. The molecular formula is C10H11NS. The van der Waals surface area contributed by atoms with Crippen molar-refractivity contribution < 1.29 is 0 Å². The number of rotatable bonds is 0. The summed E-state index contributed by atoms with van der Waals surface area (Å²) < 4.78 is 0. The molecule has 0 aliphatic carbocycles. The van der Waals surface area contributed by atoms with Gasteiger partial charge in [0.25, 0.3) is 0 Å². The lowest BCUT2D eigenvalue weighted by molar-refractivity contribution is 1.38. The zero-order chi connectivity index (χ0) is 8.55. The molecule has 1 aromatic rings. The van der Waals surface area contributed by atoms with Gasteiger partial charge in [-0.1, -0.05) is 23.9 Å². The van der Waals surface area contributed by atoms with Crippen LogP contribution in [0.25, 0.3) is 0 Å². The highest BCUT2D eigenvalue weighted by Gasteiger charge is 2.13. The van der Waals surface area contributed by atoms with Gasteiger partial charge in [-0.15, -0.1) is 0 Å². The van der Waals surface area contributed by atoms with E-state index in [2.05, 4.69) is 36.5 Å². The summed E-state index contributed by atoms with van der Waals surface area (Å²) in [7, 11) is 0. The number of hydrogen-bond acceptors (Lipinski definition) is 2. The van der Waals surface area contributed by atoms with E-state index in [1.165, 1.54) is 21.2 Å². The van der Waals surface area contributed by atoms with Gasteiger partial charge in [0.2, 0.25) is 0 Å². The van der Waals surface area contributed by atoms with Crippen LogP contribution in [0.5, 0.6) is 0 Å². The van der Waals surface area contributed by atoms with Crippen molar-refractivity contribution in [2.24, 2.45) is 0 Å². The van der Waals surface area contributed by atoms with Crippen LogP contribution in [-0.2, 0) is 0 Å². The van der Waals surface area contributed by atoms with E-state index in [1.807, 2.05) is 6.92 Å². The molecule has 1 aliphatic rings.